The molecular weight excluding hydrogens is 598 g/mol. The number of nitrogens with zero attached hydrogens (tertiary/aromatic N) is 1. The molecule has 1 fully saturated rings. The van der Waals surface area contributed by atoms with E-state index >= 15 is 0 Å². The van der Waals surface area contributed by atoms with Gasteiger partial charge in [0.2, 0.25) is 0 Å². The van der Waals surface area contributed by atoms with Crippen LogP contribution in [0.25, 0.3) is 5.76 Å². The molecule has 2 amide bonds. The van der Waals surface area contributed by atoms with E-state index in [9.17, 15) is 34.5 Å². The fraction of sp³-hybridized carbons (Fsp3) is 0.310. The molecule has 41 heavy (non-hydrogen) atoms. The van der Waals surface area contributed by atoms with Gasteiger partial charge in [-0.3, -0.25) is 14.4 Å². The maximum atomic E-state index is 13.7. The van der Waals surface area contributed by atoms with Crippen molar-refractivity contribution in [1.29, 1.82) is 0 Å². The molecule has 0 spiro atoms. The Labute approximate surface area is 243 Å². The van der Waals surface area contributed by atoms with Crippen LogP contribution in [0.5, 0.6) is 11.5 Å². The molecule has 2 aromatic carbocycles. The molecule has 1 saturated carbocycles. The van der Waals surface area contributed by atoms with Gasteiger partial charge < -0.3 is 36.0 Å². The maximum absolute atomic E-state index is 13.7. The van der Waals surface area contributed by atoms with Gasteiger partial charge >= 0.3 is 6.09 Å². The highest BCUT2D eigenvalue weighted by Crippen LogP contribution is 2.52. The summed E-state index contributed by atoms with van der Waals surface area (Å²) in [6.45, 7) is -0.145. The van der Waals surface area contributed by atoms with Crippen LogP contribution in [0.4, 0.5) is 10.5 Å². The summed E-state index contributed by atoms with van der Waals surface area (Å²) >= 11 is 3.31. The number of anilines is 1. The molecule has 214 valence electrons. The summed E-state index contributed by atoms with van der Waals surface area (Å²) in [4.78, 5) is 52.2. The Kier molecular flexibility index (Phi) is 7.28. The maximum Gasteiger partial charge on any atom is 0.412 e. The lowest BCUT2D eigenvalue weighted by Gasteiger charge is -2.41. The summed E-state index contributed by atoms with van der Waals surface area (Å²) in [5.41, 5.74) is 6.31. The van der Waals surface area contributed by atoms with E-state index in [1.807, 2.05) is 0 Å². The van der Waals surface area contributed by atoms with Crippen molar-refractivity contribution in [3.63, 3.8) is 0 Å². The average molecular weight is 626 g/mol. The summed E-state index contributed by atoms with van der Waals surface area (Å²) < 4.78 is 6.09. The molecule has 0 heterocycles. The van der Waals surface area contributed by atoms with Crippen LogP contribution in [0.2, 0.25) is 0 Å². The number of carbonyl (C=O) groups excluding carboxylic acids is 4. The summed E-state index contributed by atoms with van der Waals surface area (Å²) in [6, 6.07) is 8.35. The number of amides is 2. The van der Waals surface area contributed by atoms with Crippen LogP contribution in [0.1, 0.15) is 29.5 Å². The number of primary amides is 1. The second kappa shape index (κ2) is 10.6. The Morgan fingerprint density at radius 3 is 2.44 bits per heavy atom. The highest BCUT2D eigenvalue weighted by atomic mass is 79.9. The Morgan fingerprint density at radius 1 is 1.12 bits per heavy atom. The van der Waals surface area contributed by atoms with Gasteiger partial charge in [0.15, 0.2) is 11.6 Å². The second-order valence-corrected chi connectivity index (χ2v) is 11.5. The number of nitrogens with two attached hydrogens (primary N) is 1. The Balaban J connectivity index is 1.51. The average Bonchev–Trinajstić information content (AvgIpc) is 2.88. The van der Waals surface area contributed by atoms with E-state index in [1.54, 1.807) is 49.3 Å². The fourth-order valence-electron chi connectivity index (χ4n) is 6.09. The predicted molar refractivity (Wildman–Crippen MR) is 151 cm³/mol. The molecule has 3 aliphatic rings. The highest BCUT2D eigenvalue weighted by Gasteiger charge is 2.51. The molecule has 0 bridgehead atoms. The van der Waals surface area contributed by atoms with Crippen molar-refractivity contribution in [2.45, 2.75) is 25.8 Å². The SMILES string of the molecule is CN(C)c1cc(CNC(=O)Oc2ccc(Br)cc2)c(O)c2c1CC1CC3CC(=O)C(C(N)=O)=C(O)C3C(=O)C1=C2O. The fourth-order valence-corrected chi connectivity index (χ4v) is 6.35. The van der Waals surface area contributed by atoms with Crippen molar-refractivity contribution in [2.75, 3.05) is 19.0 Å². The largest absolute Gasteiger partial charge is 0.511 e. The summed E-state index contributed by atoms with van der Waals surface area (Å²) in [5.74, 6) is -5.69. The summed E-state index contributed by atoms with van der Waals surface area (Å²) in [6.07, 6.45) is -0.295. The number of benzene rings is 2. The normalized spacial score (nSPS) is 21.6. The van der Waals surface area contributed by atoms with Crippen LogP contribution in [-0.4, -0.2) is 53.0 Å². The summed E-state index contributed by atoms with van der Waals surface area (Å²) in [7, 11) is 3.58. The third-order valence-electron chi connectivity index (χ3n) is 7.87. The molecule has 3 atom stereocenters. The van der Waals surface area contributed by atoms with E-state index in [1.165, 1.54) is 0 Å². The number of carbonyl (C=O) groups is 4. The van der Waals surface area contributed by atoms with Crippen molar-refractivity contribution < 1.29 is 39.2 Å². The monoisotopic (exact) mass is 625 g/mol. The number of aliphatic hydroxyl groups is 2. The molecule has 3 unspecified atom stereocenters. The number of hydrogen-bond acceptors (Lipinski definition) is 9. The predicted octanol–water partition coefficient (Wildman–Crippen LogP) is 3.43. The van der Waals surface area contributed by atoms with E-state index in [0.29, 0.717) is 23.4 Å². The van der Waals surface area contributed by atoms with E-state index < -0.39 is 58.4 Å². The number of Topliss-reactive ketones (excluding diaryl/α,β-unsaturated/α-hetero) is 2. The molecule has 11 nitrogen and oxygen atoms in total. The quantitative estimate of drug-likeness (QED) is 0.311. The van der Waals surface area contributed by atoms with Gasteiger partial charge in [-0.2, -0.15) is 0 Å². The zero-order chi connectivity index (χ0) is 29.7. The molecule has 5 rings (SSSR count). The van der Waals surface area contributed by atoms with Gasteiger partial charge in [-0.25, -0.2) is 4.79 Å². The molecular formula is C29H28BrN3O8. The van der Waals surface area contributed by atoms with Gasteiger partial charge in [0.25, 0.3) is 5.91 Å². The molecule has 2 aromatic rings. The topological polar surface area (TPSA) is 179 Å². The third kappa shape index (κ3) is 4.92. The lowest BCUT2D eigenvalue weighted by molar-refractivity contribution is -0.127. The highest BCUT2D eigenvalue weighted by molar-refractivity contribution is 9.10. The van der Waals surface area contributed by atoms with Gasteiger partial charge in [0, 0.05) is 48.4 Å². The number of aromatic hydroxyl groups is 1. The molecule has 0 saturated heterocycles. The lowest BCUT2D eigenvalue weighted by Crippen LogP contribution is -2.44. The van der Waals surface area contributed by atoms with Crippen molar-refractivity contribution >= 4 is 50.9 Å². The number of phenolic OH excluding ortho intramolecular Hbond substituents is 1. The van der Waals surface area contributed by atoms with Gasteiger partial charge in [-0.05, 0) is 60.6 Å². The minimum atomic E-state index is -1.20. The summed E-state index contributed by atoms with van der Waals surface area (Å²) in [5, 5.41) is 36.0. The van der Waals surface area contributed by atoms with E-state index in [-0.39, 0.29) is 41.8 Å². The smallest absolute Gasteiger partial charge is 0.412 e. The van der Waals surface area contributed by atoms with Gasteiger partial charge in [-0.15, -0.1) is 0 Å². The number of fused-ring (bicyclic) bond motifs is 3. The van der Waals surface area contributed by atoms with Crippen LogP contribution < -0.4 is 20.7 Å². The van der Waals surface area contributed by atoms with E-state index in [0.717, 1.165) is 4.47 Å². The standard InChI is InChI=1S/C29H28BrN3O8/c1-33(2)18-9-14(11-32-29(40)41-16-5-3-15(30)4-6-16)24(35)22-17(18)8-12-7-13-10-19(34)23(28(31)39)27(38)21(13)25(36)20(12)26(22)37/h3-6,9,12-13,21,35,37-38H,7-8,10-11H2,1-2H3,(H2,31,39)(H,32,40). The van der Waals surface area contributed by atoms with Crippen molar-refractivity contribution in [1.82, 2.24) is 5.32 Å². The van der Waals surface area contributed by atoms with Crippen molar-refractivity contribution in [3.05, 3.63) is 68.4 Å². The molecule has 12 heteroatoms. The minimum absolute atomic E-state index is 0.0169. The number of ether oxygens (including phenoxy) is 1. The zero-order valence-corrected chi connectivity index (χ0v) is 23.8. The number of phenols is 1. The first-order valence-corrected chi connectivity index (χ1v) is 13.7. The van der Waals surface area contributed by atoms with Crippen molar-refractivity contribution in [2.24, 2.45) is 23.5 Å². The second-order valence-electron chi connectivity index (χ2n) is 10.6. The Hall–Kier alpha value is -4.32. The first-order chi connectivity index (χ1) is 19.4. The number of nitrogens with one attached hydrogen (secondary N) is 1. The van der Waals surface area contributed by atoms with Gasteiger partial charge in [0.1, 0.15) is 28.6 Å². The van der Waals surface area contributed by atoms with Crippen molar-refractivity contribution in [3.8, 4) is 11.5 Å². The zero-order valence-electron chi connectivity index (χ0n) is 22.2. The molecule has 6 N–H and O–H groups in total. The number of allylic oxidation sites excluding steroid dienone is 2. The van der Waals surface area contributed by atoms with E-state index in [2.05, 4.69) is 21.2 Å². The third-order valence-corrected chi connectivity index (χ3v) is 8.40. The minimum Gasteiger partial charge on any atom is -0.511 e. The molecule has 3 aliphatic carbocycles. The first kappa shape index (κ1) is 28.2. The van der Waals surface area contributed by atoms with Crippen LogP contribution in [0, 0.1) is 17.8 Å². The lowest BCUT2D eigenvalue weighted by atomic mass is 9.61. The van der Waals surface area contributed by atoms with Crippen LogP contribution >= 0.6 is 15.9 Å². The van der Waals surface area contributed by atoms with Gasteiger partial charge in [-0.1, -0.05) is 15.9 Å². The number of hydrogen-bond donors (Lipinski definition) is 5. The van der Waals surface area contributed by atoms with Crippen LogP contribution in [0.15, 0.2) is 51.7 Å². The number of aliphatic hydroxyl groups excluding tert-OH is 2. The number of rotatable bonds is 5. The first-order valence-electron chi connectivity index (χ1n) is 12.9. The molecule has 0 aromatic heterocycles. The van der Waals surface area contributed by atoms with Crippen LogP contribution in [-0.2, 0) is 27.3 Å². The number of halogens is 1. The number of ketones is 2. The molecule has 0 aliphatic heterocycles. The Bertz CT molecular complexity index is 1560. The Morgan fingerprint density at radius 2 is 1.80 bits per heavy atom. The van der Waals surface area contributed by atoms with Gasteiger partial charge in [0.05, 0.1) is 11.5 Å². The van der Waals surface area contributed by atoms with Crippen LogP contribution in [0.3, 0.4) is 0 Å². The van der Waals surface area contributed by atoms with E-state index in [4.69, 9.17) is 10.5 Å². The molecule has 0 radical (unpaired) electrons.